The monoisotopic (exact) mass is 209 g/mol. The van der Waals surface area contributed by atoms with Gasteiger partial charge in [0.2, 0.25) is 0 Å². The molecule has 0 aromatic rings. The van der Waals surface area contributed by atoms with Crippen molar-refractivity contribution in [3.05, 3.63) is 0 Å². The largest absolute Gasteiger partial charge is 0.300 e. The van der Waals surface area contributed by atoms with Gasteiger partial charge in [-0.3, -0.25) is 9.69 Å². The number of carbonyl (C=O) groups excluding carboxylic acids is 1. The Kier molecular flexibility index (Phi) is 3.15. The molecular formula is C13H23NO. The minimum atomic E-state index is 0.456. The molecule has 86 valence electrons. The van der Waals surface area contributed by atoms with Gasteiger partial charge in [0.25, 0.3) is 0 Å². The van der Waals surface area contributed by atoms with Crippen LogP contribution in [-0.2, 0) is 4.79 Å². The van der Waals surface area contributed by atoms with Crippen LogP contribution >= 0.6 is 0 Å². The number of carbonyl (C=O) groups is 1. The maximum Gasteiger partial charge on any atom is 0.135 e. The lowest BCUT2D eigenvalue weighted by Crippen LogP contribution is -2.49. The van der Waals surface area contributed by atoms with E-state index in [1.807, 2.05) is 0 Å². The Hall–Kier alpha value is -0.370. The molecule has 2 heteroatoms. The van der Waals surface area contributed by atoms with Crippen LogP contribution in [0.1, 0.15) is 52.4 Å². The van der Waals surface area contributed by atoms with Crippen LogP contribution in [0.25, 0.3) is 0 Å². The smallest absolute Gasteiger partial charge is 0.135 e. The van der Waals surface area contributed by atoms with E-state index >= 15 is 0 Å². The number of piperidine rings is 1. The van der Waals surface area contributed by atoms with E-state index in [1.165, 1.54) is 32.2 Å². The molecule has 0 aromatic heterocycles. The number of hydrogen-bond donors (Lipinski definition) is 0. The van der Waals surface area contributed by atoms with Gasteiger partial charge >= 0.3 is 0 Å². The Bertz CT molecular complexity index is 239. The van der Waals surface area contributed by atoms with Crippen LogP contribution in [-0.4, -0.2) is 29.8 Å². The lowest BCUT2D eigenvalue weighted by Gasteiger charge is -2.47. The molecule has 1 aliphatic carbocycles. The van der Waals surface area contributed by atoms with Crippen LogP contribution in [0.5, 0.6) is 0 Å². The summed E-state index contributed by atoms with van der Waals surface area (Å²) in [5, 5.41) is 0. The molecule has 0 radical (unpaired) electrons. The second-order valence-corrected chi connectivity index (χ2v) is 5.52. The molecular weight excluding hydrogens is 186 g/mol. The SMILES string of the molecule is CCC1(CN2CCC(=O)CC2C)CCC1. The van der Waals surface area contributed by atoms with Gasteiger partial charge in [0.05, 0.1) is 0 Å². The summed E-state index contributed by atoms with van der Waals surface area (Å²) in [5.41, 5.74) is 0.606. The molecule has 2 rings (SSSR count). The Morgan fingerprint density at radius 1 is 1.47 bits per heavy atom. The van der Waals surface area contributed by atoms with E-state index < -0.39 is 0 Å². The highest BCUT2D eigenvalue weighted by Gasteiger charge is 2.38. The van der Waals surface area contributed by atoms with Crippen molar-refractivity contribution < 1.29 is 4.79 Å². The lowest BCUT2D eigenvalue weighted by atomic mass is 9.66. The van der Waals surface area contributed by atoms with E-state index in [4.69, 9.17) is 0 Å². The van der Waals surface area contributed by atoms with Crippen molar-refractivity contribution in [3.8, 4) is 0 Å². The zero-order valence-corrected chi connectivity index (χ0v) is 10.1. The van der Waals surface area contributed by atoms with Gasteiger partial charge in [-0.1, -0.05) is 13.3 Å². The predicted molar refractivity (Wildman–Crippen MR) is 61.9 cm³/mol. The van der Waals surface area contributed by atoms with Crippen molar-refractivity contribution in [3.63, 3.8) is 0 Å². The minimum absolute atomic E-state index is 0.456. The highest BCUT2D eigenvalue weighted by atomic mass is 16.1. The molecule has 2 aliphatic rings. The highest BCUT2D eigenvalue weighted by molar-refractivity contribution is 5.79. The second-order valence-electron chi connectivity index (χ2n) is 5.52. The number of nitrogens with zero attached hydrogens (tertiary/aromatic N) is 1. The molecule has 0 spiro atoms. The molecule has 1 heterocycles. The molecule has 15 heavy (non-hydrogen) atoms. The Morgan fingerprint density at radius 3 is 2.67 bits per heavy atom. The van der Waals surface area contributed by atoms with E-state index in [1.54, 1.807) is 0 Å². The Balaban J connectivity index is 1.91. The summed E-state index contributed by atoms with van der Waals surface area (Å²) in [6, 6.07) is 0.482. The van der Waals surface area contributed by atoms with Crippen molar-refractivity contribution in [1.82, 2.24) is 4.90 Å². The van der Waals surface area contributed by atoms with Crippen LogP contribution < -0.4 is 0 Å². The van der Waals surface area contributed by atoms with Crippen LogP contribution in [0.4, 0.5) is 0 Å². The summed E-state index contributed by atoms with van der Waals surface area (Å²) in [4.78, 5) is 13.9. The fourth-order valence-corrected chi connectivity index (χ4v) is 3.02. The van der Waals surface area contributed by atoms with Gasteiger partial charge in [0.1, 0.15) is 5.78 Å². The molecule has 1 unspecified atom stereocenters. The van der Waals surface area contributed by atoms with Gasteiger partial charge in [-0.2, -0.15) is 0 Å². The Morgan fingerprint density at radius 2 is 2.20 bits per heavy atom. The molecule has 0 N–H and O–H groups in total. The summed E-state index contributed by atoms with van der Waals surface area (Å²) in [6.07, 6.45) is 7.09. The first kappa shape index (κ1) is 11.1. The third-order valence-electron chi connectivity index (χ3n) is 4.53. The third-order valence-corrected chi connectivity index (χ3v) is 4.53. The highest BCUT2D eigenvalue weighted by Crippen LogP contribution is 2.44. The number of rotatable bonds is 3. The maximum absolute atomic E-state index is 11.3. The lowest BCUT2D eigenvalue weighted by molar-refractivity contribution is -0.123. The molecule has 1 atom stereocenters. The van der Waals surface area contributed by atoms with Crippen molar-refractivity contribution >= 4 is 5.78 Å². The number of likely N-dealkylation sites (tertiary alicyclic amines) is 1. The first-order valence-electron chi connectivity index (χ1n) is 6.41. The standard InChI is InChI=1S/C13H23NO/c1-3-13(6-4-7-13)10-14-8-5-12(15)9-11(14)2/h11H,3-10H2,1-2H3. The molecule has 2 fully saturated rings. The molecule has 0 amide bonds. The van der Waals surface area contributed by atoms with E-state index in [2.05, 4.69) is 18.7 Å². The van der Waals surface area contributed by atoms with Crippen LogP contribution in [0.3, 0.4) is 0 Å². The van der Waals surface area contributed by atoms with Gasteiger partial charge in [-0.25, -0.2) is 0 Å². The molecule has 1 saturated heterocycles. The van der Waals surface area contributed by atoms with Gasteiger partial charge in [0, 0.05) is 32.0 Å². The van der Waals surface area contributed by atoms with Gasteiger partial charge in [-0.05, 0) is 31.6 Å². The normalized spacial score (nSPS) is 31.3. The first-order chi connectivity index (χ1) is 7.15. The summed E-state index contributed by atoms with van der Waals surface area (Å²) in [6.45, 7) is 6.76. The number of hydrogen-bond acceptors (Lipinski definition) is 2. The maximum atomic E-state index is 11.3. The molecule has 0 aromatic carbocycles. The fraction of sp³-hybridized carbons (Fsp3) is 0.923. The topological polar surface area (TPSA) is 20.3 Å². The molecule has 1 saturated carbocycles. The summed E-state index contributed by atoms with van der Waals surface area (Å²) in [5.74, 6) is 0.456. The van der Waals surface area contributed by atoms with Gasteiger partial charge in [0.15, 0.2) is 0 Å². The van der Waals surface area contributed by atoms with E-state index in [0.29, 0.717) is 17.2 Å². The average molecular weight is 209 g/mol. The van der Waals surface area contributed by atoms with Crippen molar-refractivity contribution in [2.45, 2.75) is 58.4 Å². The quantitative estimate of drug-likeness (QED) is 0.712. The summed E-state index contributed by atoms with van der Waals surface area (Å²) in [7, 11) is 0. The van der Waals surface area contributed by atoms with E-state index in [0.717, 1.165) is 19.4 Å². The van der Waals surface area contributed by atoms with Crippen molar-refractivity contribution in [2.75, 3.05) is 13.1 Å². The van der Waals surface area contributed by atoms with Crippen LogP contribution in [0.15, 0.2) is 0 Å². The number of Topliss-reactive ketones (excluding diaryl/α,β-unsaturated/α-hetero) is 1. The Labute approximate surface area is 93.0 Å². The van der Waals surface area contributed by atoms with Gasteiger partial charge < -0.3 is 0 Å². The minimum Gasteiger partial charge on any atom is -0.300 e. The molecule has 1 aliphatic heterocycles. The van der Waals surface area contributed by atoms with E-state index in [9.17, 15) is 4.79 Å². The summed E-state index contributed by atoms with van der Waals surface area (Å²) < 4.78 is 0. The zero-order chi connectivity index (χ0) is 10.9. The molecule has 2 nitrogen and oxygen atoms in total. The summed E-state index contributed by atoms with van der Waals surface area (Å²) >= 11 is 0. The predicted octanol–water partition coefficient (Wildman–Crippen LogP) is 2.62. The number of ketones is 1. The van der Waals surface area contributed by atoms with Crippen molar-refractivity contribution in [2.24, 2.45) is 5.41 Å². The van der Waals surface area contributed by atoms with Gasteiger partial charge in [-0.15, -0.1) is 0 Å². The fourth-order valence-electron chi connectivity index (χ4n) is 3.02. The first-order valence-corrected chi connectivity index (χ1v) is 6.41. The van der Waals surface area contributed by atoms with E-state index in [-0.39, 0.29) is 0 Å². The van der Waals surface area contributed by atoms with Crippen LogP contribution in [0, 0.1) is 5.41 Å². The third kappa shape index (κ3) is 2.25. The zero-order valence-electron chi connectivity index (χ0n) is 10.1. The average Bonchev–Trinajstić information content (AvgIpc) is 2.14. The molecule has 0 bridgehead atoms. The van der Waals surface area contributed by atoms with Crippen molar-refractivity contribution in [1.29, 1.82) is 0 Å². The van der Waals surface area contributed by atoms with Crippen LogP contribution in [0.2, 0.25) is 0 Å². The second kappa shape index (κ2) is 4.25.